The van der Waals surface area contributed by atoms with Crippen LogP contribution in [-0.2, 0) is 18.4 Å². The van der Waals surface area contributed by atoms with Crippen LogP contribution in [0.25, 0.3) is 0 Å². The molecule has 3 N–H and O–H groups in total. The van der Waals surface area contributed by atoms with Gasteiger partial charge in [0.25, 0.3) is 0 Å². The van der Waals surface area contributed by atoms with E-state index in [1.165, 1.54) is 0 Å². The molecular formula is C9H20NO6P. The summed E-state index contributed by atoms with van der Waals surface area (Å²) in [4.78, 5) is 10.7. The Morgan fingerprint density at radius 3 is 1.88 bits per heavy atom. The molecule has 102 valence electrons. The molecule has 0 aromatic carbocycles. The quantitative estimate of drug-likeness (QED) is 0.564. The van der Waals surface area contributed by atoms with E-state index in [2.05, 4.69) is 5.09 Å². The van der Waals surface area contributed by atoms with Gasteiger partial charge in [0.1, 0.15) is 6.04 Å². The number of aliphatic carboxylic acids is 1. The van der Waals surface area contributed by atoms with Gasteiger partial charge < -0.3 is 10.2 Å². The van der Waals surface area contributed by atoms with Crippen LogP contribution in [0.2, 0.25) is 0 Å². The summed E-state index contributed by atoms with van der Waals surface area (Å²) < 4.78 is 22.3. The maximum absolute atomic E-state index is 12.2. The van der Waals surface area contributed by atoms with E-state index in [4.69, 9.17) is 19.3 Å². The first-order valence-corrected chi connectivity index (χ1v) is 6.82. The van der Waals surface area contributed by atoms with E-state index in [0.29, 0.717) is 0 Å². The zero-order valence-corrected chi connectivity index (χ0v) is 11.3. The van der Waals surface area contributed by atoms with Crippen LogP contribution >= 0.6 is 7.75 Å². The number of carbonyl (C=O) groups is 1. The summed E-state index contributed by atoms with van der Waals surface area (Å²) >= 11 is 0. The van der Waals surface area contributed by atoms with Crippen LogP contribution in [0, 0.1) is 0 Å². The summed E-state index contributed by atoms with van der Waals surface area (Å²) in [5.41, 5.74) is 0. The number of hydrogen-bond acceptors (Lipinski definition) is 5. The number of carboxylic acids is 1. The van der Waals surface area contributed by atoms with Gasteiger partial charge in [-0.1, -0.05) is 0 Å². The molecule has 1 atom stereocenters. The van der Waals surface area contributed by atoms with Crippen molar-refractivity contribution >= 4 is 13.7 Å². The number of carboxylic acid groups (broad SMARTS) is 1. The Morgan fingerprint density at radius 2 is 1.65 bits per heavy atom. The van der Waals surface area contributed by atoms with Gasteiger partial charge in [-0.05, 0) is 27.7 Å². The molecular weight excluding hydrogens is 249 g/mol. The Morgan fingerprint density at radius 1 is 1.24 bits per heavy atom. The molecule has 0 amide bonds. The Labute approximate surface area is 101 Å². The minimum absolute atomic E-state index is 0.403. The average molecular weight is 269 g/mol. The van der Waals surface area contributed by atoms with Crippen LogP contribution in [0.5, 0.6) is 0 Å². The summed E-state index contributed by atoms with van der Waals surface area (Å²) in [6.07, 6.45) is -0.805. The molecule has 0 heterocycles. The Bertz CT molecular complexity index is 279. The lowest BCUT2D eigenvalue weighted by atomic mass is 10.3. The molecule has 0 aromatic heterocycles. The first-order valence-electron chi connectivity index (χ1n) is 5.28. The van der Waals surface area contributed by atoms with Crippen LogP contribution in [0.3, 0.4) is 0 Å². The highest BCUT2D eigenvalue weighted by molar-refractivity contribution is 7.51. The molecule has 17 heavy (non-hydrogen) atoms. The third kappa shape index (κ3) is 6.75. The molecule has 0 aliphatic heterocycles. The fourth-order valence-corrected chi connectivity index (χ4v) is 2.86. The zero-order chi connectivity index (χ0) is 13.6. The van der Waals surface area contributed by atoms with E-state index in [0.717, 1.165) is 0 Å². The molecule has 0 saturated carbocycles. The summed E-state index contributed by atoms with van der Waals surface area (Å²) in [6, 6.07) is -1.39. The van der Waals surface area contributed by atoms with Crippen molar-refractivity contribution in [1.82, 2.24) is 5.09 Å². The minimum atomic E-state index is -3.75. The Hall–Kier alpha value is -0.460. The molecule has 0 aromatic rings. The molecule has 0 fully saturated rings. The van der Waals surface area contributed by atoms with Gasteiger partial charge in [0, 0.05) is 0 Å². The SMILES string of the molecule is CC(C)OP(=O)(N[C@@H](CO)C(=O)O)OC(C)C. The number of aliphatic hydroxyl groups excluding tert-OH is 1. The highest BCUT2D eigenvalue weighted by Gasteiger charge is 2.33. The molecule has 0 saturated heterocycles. The Kier molecular flexibility index (Phi) is 6.89. The molecule has 0 rings (SSSR count). The monoisotopic (exact) mass is 269 g/mol. The summed E-state index contributed by atoms with van der Waals surface area (Å²) in [6.45, 7) is 5.88. The Balaban J connectivity index is 4.79. The average Bonchev–Trinajstić information content (AvgIpc) is 2.10. The molecule has 0 aliphatic carbocycles. The van der Waals surface area contributed by atoms with Gasteiger partial charge in [-0.25, -0.2) is 9.65 Å². The summed E-state index contributed by atoms with van der Waals surface area (Å²) in [5.74, 6) is -1.33. The van der Waals surface area contributed by atoms with Gasteiger partial charge in [-0.3, -0.25) is 13.8 Å². The van der Waals surface area contributed by atoms with Crippen molar-refractivity contribution in [2.75, 3.05) is 6.61 Å². The fraction of sp³-hybridized carbons (Fsp3) is 0.889. The van der Waals surface area contributed by atoms with Gasteiger partial charge in [-0.15, -0.1) is 0 Å². The van der Waals surface area contributed by atoms with Crippen molar-refractivity contribution in [3.8, 4) is 0 Å². The lowest BCUT2D eigenvalue weighted by molar-refractivity contribution is -0.140. The molecule has 0 radical (unpaired) electrons. The van der Waals surface area contributed by atoms with E-state index in [1.807, 2.05) is 0 Å². The normalized spacial score (nSPS) is 14.3. The second-order valence-corrected chi connectivity index (χ2v) is 5.68. The topological polar surface area (TPSA) is 105 Å². The van der Waals surface area contributed by atoms with Crippen molar-refractivity contribution < 1.29 is 28.6 Å². The van der Waals surface area contributed by atoms with E-state index in [-0.39, 0.29) is 0 Å². The van der Waals surface area contributed by atoms with Gasteiger partial charge in [0.05, 0.1) is 18.8 Å². The van der Waals surface area contributed by atoms with Crippen LogP contribution in [0.15, 0.2) is 0 Å². The third-order valence-electron chi connectivity index (χ3n) is 1.49. The van der Waals surface area contributed by atoms with Gasteiger partial charge in [-0.2, -0.15) is 0 Å². The predicted octanol–water partition coefficient (Wildman–Crippen LogP) is 0.980. The van der Waals surface area contributed by atoms with Crippen molar-refractivity contribution in [3.05, 3.63) is 0 Å². The number of nitrogens with one attached hydrogen (secondary N) is 1. The van der Waals surface area contributed by atoms with Crippen LogP contribution in [0.4, 0.5) is 0 Å². The van der Waals surface area contributed by atoms with E-state index in [1.54, 1.807) is 27.7 Å². The van der Waals surface area contributed by atoms with Crippen LogP contribution in [-0.4, -0.2) is 41.0 Å². The fourth-order valence-electron chi connectivity index (χ4n) is 1.01. The zero-order valence-electron chi connectivity index (χ0n) is 10.4. The van der Waals surface area contributed by atoms with Crippen LogP contribution < -0.4 is 5.09 Å². The van der Waals surface area contributed by atoms with E-state index >= 15 is 0 Å². The van der Waals surface area contributed by atoms with Gasteiger partial charge in [0.2, 0.25) is 0 Å². The second kappa shape index (κ2) is 7.08. The molecule has 0 bridgehead atoms. The summed E-state index contributed by atoms with van der Waals surface area (Å²) in [7, 11) is -3.75. The molecule has 0 aliphatic rings. The van der Waals surface area contributed by atoms with Crippen LogP contribution in [0.1, 0.15) is 27.7 Å². The van der Waals surface area contributed by atoms with Gasteiger partial charge in [0.15, 0.2) is 0 Å². The largest absolute Gasteiger partial charge is 0.480 e. The summed E-state index contributed by atoms with van der Waals surface area (Å²) in [5, 5.41) is 19.8. The highest BCUT2D eigenvalue weighted by atomic mass is 31.2. The number of rotatable bonds is 8. The third-order valence-corrected chi connectivity index (χ3v) is 3.52. The maximum atomic E-state index is 12.2. The predicted molar refractivity (Wildman–Crippen MR) is 61.7 cm³/mol. The molecule has 7 nitrogen and oxygen atoms in total. The standard InChI is InChI=1S/C9H20NO6P/c1-6(2)15-17(14,16-7(3)4)10-8(5-11)9(12)13/h6-8,11H,5H2,1-4H3,(H,10,14)(H,12,13)/t8-/m0/s1. The smallest absolute Gasteiger partial charge is 0.406 e. The van der Waals surface area contributed by atoms with E-state index in [9.17, 15) is 9.36 Å². The van der Waals surface area contributed by atoms with Crippen molar-refractivity contribution in [2.45, 2.75) is 45.9 Å². The molecule has 0 unspecified atom stereocenters. The van der Waals surface area contributed by atoms with Gasteiger partial charge >= 0.3 is 13.7 Å². The first-order chi connectivity index (χ1) is 7.70. The lowest BCUT2D eigenvalue weighted by Gasteiger charge is -2.25. The second-order valence-electron chi connectivity index (χ2n) is 4.01. The van der Waals surface area contributed by atoms with Crippen molar-refractivity contribution in [2.24, 2.45) is 0 Å². The number of hydrogen-bond donors (Lipinski definition) is 3. The first kappa shape index (κ1) is 16.5. The lowest BCUT2D eigenvalue weighted by Crippen LogP contribution is -2.39. The minimum Gasteiger partial charge on any atom is -0.480 e. The maximum Gasteiger partial charge on any atom is 0.406 e. The molecule has 8 heteroatoms. The number of aliphatic hydroxyl groups is 1. The highest BCUT2D eigenvalue weighted by Crippen LogP contribution is 2.46. The molecule has 0 spiro atoms. The van der Waals surface area contributed by atoms with Crippen molar-refractivity contribution in [3.63, 3.8) is 0 Å². The van der Waals surface area contributed by atoms with E-state index < -0.39 is 38.6 Å². The van der Waals surface area contributed by atoms with Crippen molar-refractivity contribution in [1.29, 1.82) is 0 Å².